The van der Waals surface area contributed by atoms with Crippen LogP contribution in [0.25, 0.3) is 0 Å². The number of nitro benzene ring substituents is 1. The molecule has 10 heteroatoms. The monoisotopic (exact) mass is 421 g/mol. The predicted molar refractivity (Wildman–Crippen MR) is 101 cm³/mol. The number of nitrogens with zero attached hydrogens (tertiary/aromatic N) is 3. The summed E-state index contributed by atoms with van der Waals surface area (Å²) in [6.45, 7) is 2.53. The van der Waals surface area contributed by atoms with E-state index < -0.39 is 22.6 Å². The van der Waals surface area contributed by atoms with Crippen LogP contribution in [0.15, 0.2) is 42.5 Å². The summed E-state index contributed by atoms with van der Waals surface area (Å²) < 4.78 is 38.0. The van der Waals surface area contributed by atoms with E-state index in [0.717, 1.165) is 24.3 Å². The molecule has 0 spiro atoms. The number of piperazine rings is 1. The number of halogens is 3. The number of carbonyl (C=O) groups excluding carboxylic acids is 2. The van der Waals surface area contributed by atoms with Crippen molar-refractivity contribution in [3.8, 4) is 0 Å². The van der Waals surface area contributed by atoms with Crippen molar-refractivity contribution in [2.75, 3.05) is 26.2 Å². The largest absolute Gasteiger partial charge is 0.416 e. The molecule has 1 heterocycles. The van der Waals surface area contributed by atoms with E-state index in [1.54, 1.807) is 6.92 Å². The molecule has 0 N–H and O–H groups in total. The van der Waals surface area contributed by atoms with Gasteiger partial charge < -0.3 is 9.80 Å². The van der Waals surface area contributed by atoms with Crippen molar-refractivity contribution in [3.05, 3.63) is 74.8 Å². The highest BCUT2D eigenvalue weighted by Gasteiger charge is 2.31. The summed E-state index contributed by atoms with van der Waals surface area (Å²) in [5.74, 6) is -0.778. The second-order valence-electron chi connectivity index (χ2n) is 6.92. The fraction of sp³-hybridized carbons (Fsp3) is 0.300. The molecule has 0 aliphatic carbocycles. The van der Waals surface area contributed by atoms with Gasteiger partial charge in [0, 0.05) is 49.4 Å². The molecule has 0 saturated carbocycles. The van der Waals surface area contributed by atoms with Crippen LogP contribution in [0.5, 0.6) is 0 Å². The fourth-order valence-electron chi connectivity index (χ4n) is 3.22. The molecule has 0 atom stereocenters. The van der Waals surface area contributed by atoms with Gasteiger partial charge >= 0.3 is 6.18 Å². The minimum absolute atomic E-state index is 0.136. The molecule has 2 aromatic rings. The lowest BCUT2D eigenvalue weighted by molar-refractivity contribution is -0.384. The number of nitro groups is 1. The lowest BCUT2D eigenvalue weighted by Crippen LogP contribution is -2.50. The SMILES string of the molecule is Cc1ccc([N+](=O)[O-])cc1C(=O)N1CCN(C(=O)c2ccc(C(F)(F)F)cc2)CC1. The van der Waals surface area contributed by atoms with E-state index in [9.17, 15) is 32.9 Å². The Morgan fingerprint density at radius 2 is 1.47 bits per heavy atom. The molecule has 1 saturated heterocycles. The number of hydrogen-bond acceptors (Lipinski definition) is 4. The Morgan fingerprint density at radius 3 is 1.97 bits per heavy atom. The number of alkyl halides is 3. The summed E-state index contributed by atoms with van der Waals surface area (Å²) in [4.78, 5) is 38.7. The van der Waals surface area contributed by atoms with E-state index in [2.05, 4.69) is 0 Å². The number of aryl methyl sites for hydroxylation is 1. The maximum atomic E-state index is 12.8. The van der Waals surface area contributed by atoms with E-state index in [1.165, 1.54) is 28.0 Å². The van der Waals surface area contributed by atoms with Gasteiger partial charge in [-0.3, -0.25) is 19.7 Å². The second-order valence-corrected chi connectivity index (χ2v) is 6.92. The standard InChI is InChI=1S/C20H18F3N3O4/c1-13-2-7-16(26(29)30)12-17(13)19(28)25-10-8-24(9-11-25)18(27)14-3-5-15(6-4-14)20(21,22)23/h2-7,12H,8-11H2,1H3. The molecule has 1 aliphatic heterocycles. The number of carbonyl (C=O) groups is 2. The van der Waals surface area contributed by atoms with E-state index in [0.29, 0.717) is 5.56 Å². The summed E-state index contributed by atoms with van der Waals surface area (Å²) in [5, 5.41) is 11.0. The molecule has 1 aliphatic rings. The van der Waals surface area contributed by atoms with Crippen molar-refractivity contribution in [3.63, 3.8) is 0 Å². The number of rotatable bonds is 3. The first-order chi connectivity index (χ1) is 14.1. The van der Waals surface area contributed by atoms with Crippen LogP contribution in [0.4, 0.5) is 18.9 Å². The van der Waals surface area contributed by atoms with Gasteiger partial charge in [0.05, 0.1) is 10.5 Å². The predicted octanol–water partition coefficient (Wildman–Crippen LogP) is 3.52. The van der Waals surface area contributed by atoms with Crippen LogP contribution < -0.4 is 0 Å². The van der Waals surface area contributed by atoms with Crippen LogP contribution in [-0.2, 0) is 6.18 Å². The van der Waals surface area contributed by atoms with Crippen molar-refractivity contribution >= 4 is 17.5 Å². The Labute approximate surface area is 169 Å². The van der Waals surface area contributed by atoms with Gasteiger partial charge in [0.2, 0.25) is 0 Å². The van der Waals surface area contributed by atoms with Gasteiger partial charge in [0.15, 0.2) is 0 Å². The van der Waals surface area contributed by atoms with Gasteiger partial charge in [-0.15, -0.1) is 0 Å². The summed E-state index contributed by atoms with van der Waals surface area (Å²) in [6, 6.07) is 8.06. The summed E-state index contributed by atoms with van der Waals surface area (Å²) in [7, 11) is 0. The molecular formula is C20H18F3N3O4. The minimum atomic E-state index is -4.47. The Kier molecular flexibility index (Phi) is 5.77. The lowest BCUT2D eigenvalue weighted by Gasteiger charge is -2.35. The Morgan fingerprint density at radius 1 is 0.933 bits per heavy atom. The summed E-state index contributed by atoms with van der Waals surface area (Å²) in [5.41, 5.74) is -0.0419. The van der Waals surface area contributed by atoms with Gasteiger partial charge in [-0.05, 0) is 36.8 Å². The third-order valence-electron chi connectivity index (χ3n) is 4.98. The van der Waals surface area contributed by atoms with Crippen molar-refractivity contribution in [2.24, 2.45) is 0 Å². The summed E-state index contributed by atoms with van der Waals surface area (Å²) in [6.07, 6.45) is -4.47. The highest BCUT2D eigenvalue weighted by Crippen LogP contribution is 2.29. The zero-order chi connectivity index (χ0) is 22.1. The first-order valence-corrected chi connectivity index (χ1v) is 9.09. The first kappa shape index (κ1) is 21.3. The molecule has 2 amide bonds. The normalized spacial score (nSPS) is 14.5. The van der Waals surface area contributed by atoms with Crippen molar-refractivity contribution in [1.29, 1.82) is 0 Å². The smallest absolute Gasteiger partial charge is 0.335 e. The van der Waals surface area contributed by atoms with Crippen LogP contribution in [0, 0.1) is 17.0 Å². The maximum Gasteiger partial charge on any atom is 0.416 e. The van der Waals surface area contributed by atoms with Gasteiger partial charge in [0.25, 0.3) is 17.5 Å². The zero-order valence-corrected chi connectivity index (χ0v) is 16.0. The molecule has 1 fully saturated rings. The molecule has 158 valence electrons. The van der Waals surface area contributed by atoms with Crippen LogP contribution in [0.1, 0.15) is 31.8 Å². The summed E-state index contributed by atoms with van der Waals surface area (Å²) >= 11 is 0. The van der Waals surface area contributed by atoms with Crippen molar-refractivity contribution < 1.29 is 27.7 Å². The number of hydrogen-bond donors (Lipinski definition) is 0. The average molecular weight is 421 g/mol. The maximum absolute atomic E-state index is 12.8. The fourth-order valence-corrected chi connectivity index (χ4v) is 3.22. The average Bonchev–Trinajstić information content (AvgIpc) is 2.72. The zero-order valence-electron chi connectivity index (χ0n) is 16.0. The quantitative estimate of drug-likeness (QED) is 0.561. The van der Waals surface area contributed by atoms with Gasteiger partial charge in [0.1, 0.15) is 0 Å². The Hall–Kier alpha value is -3.43. The van der Waals surface area contributed by atoms with Crippen molar-refractivity contribution in [1.82, 2.24) is 9.80 Å². The van der Waals surface area contributed by atoms with Crippen LogP contribution in [-0.4, -0.2) is 52.7 Å². The Balaban J connectivity index is 1.66. The molecule has 0 aromatic heterocycles. The Bertz CT molecular complexity index is 982. The highest BCUT2D eigenvalue weighted by atomic mass is 19.4. The second kappa shape index (κ2) is 8.13. The number of benzene rings is 2. The highest BCUT2D eigenvalue weighted by molar-refractivity contribution is 5.97. The van der Waals surface area contributed by atoms with Gasteiger partial charge in [-0.1, -0.05) is 6.07 Å². The molecule has 3 rings (SSSR count). The van der Waals surface area contributed by atoms with Crippen LogP contribution in [0.3, 0.4) is 0 Å². The first-order valence-electron chi connectivity index (χ1n) is 9.09. The third kappa shape index (κ3) is 4.42. The van der Waals surface area contributed by atoms with Crippen LogP contribution >= 0.6 is 0 Å². The molecule has 2 aromatic carbocycles. The van der Waals surface area contributed by atoms with E-state index in [1.807, 2.05) is 0 Å². The van der Waals surface area contributed by atoms with E-state index >= 15 is 0 Å². The third-order valence-corrected chi connectivity index (χ3v) is 4.98. The van der Waals surface area contributed by atoms with E-state index in [-0.39, 0.29) is 48.9 Å². The molecule has 0 bridgehead atoms. The molecular weight excluding hydrogens is 403 g/mol. The van der Waals surface area contributed by atoms with Crippen molar-refractivity contribution in [2.45, 2.75) is 13.1 Å². The van der Waals surface area contributed by atoms with Gasteiger partial charge in [-0.2, -0.15) is 13.2 Å². The molecule has 0 radical (unpaired) electrons. The minimum Gasteiger partial charge on any atom is -0.335 e. The number of amides is 2. The van der Waals surface area contributed by atoms with Gasteiger partial charge in [-0.25, -0.2) is 0 Å². The molecule has 0 unspecified atom stereocenters. The van der Waals surface area contributed by atoms with E-state index in [4.69, 9.17) is 0 Å². The molecule has 7 nitrogen and oxygen atoms in total. The lowest BCUT2D eigenvalue weighted by atomic mass is 10.1. The van der Waals surface area contributed by atoms with Crippen LogP contribution in [0.2, 0.25) is 0 Å². The number of non-ortho nitro benzene ring substituents is 1. The topological polar surface area (TPSA) is 83.8 Å². The molecule has 30 heavy (non-hydrogen) atoms.